The van der Waals surface area contributed by atoms with Crippen LogP contribution < -0.4 is 0 Å². The summed E-state index contributed by atoms with van der Waals surface area (Å²) in [5.41, 5.74) is 5.53. The van der Waals surface area contributed by atoms with Crippen molar-refractivity contribution in [3.8, 4) is 0 Å². The van der Waals surface area contributed by atoms with Crippen LogP contribution in [0.3, 0.4) is 0 Å². The first-order valence-electron chi connectivity index (χ1n) is 10.8. The van der Waals surface area contributed by atoms with Gasteiger partial charge in [0.05, 0.1) is 0 Å². The van der Waals surface area contributed by atoms with Crippen LogP contribution in [0.15, 0.2) is 18.2 Å². The van der Waals surface area contributed by atoms with Gasteiger partial charge in [0.2, 0.25) is 0 Å². The molecule has 134 valence electrons. The fraction of sp³-hybridized carbons (Fsp3) is 0.750. The van der Waals surface area contributed by atoms with E-state index in [1.54, 1.807) is 11.1 Å². The third-order valence-electron chi connectivity index (χ3n) is 7.02. The van der Waals surface area contributed by atoms with Crippen molar-refractivity contribution in [2.75, 3.05) is 0 Å². The number of fused-ring (bicyclic) bond motifs is 5. The zero-order valence-electron chi connectivity index (χ0n) is 16.5. The lowest BCUT2D eigenvalue weighted by atomic mass is 9.56. The molecule has 4 aliphatic carbocycles. The molecular weight excluding hydrogens is 288 g/mol. The first kappa shape index (κ1) is 18.0. The molecule has 1 aromatic carbocycles. The first-order valence-corrected chi connectivity index (χ1v) is 10.8. The molecule has 0 amide bonds. The molecule has 4 aliphatic rings. The van der Waals surface area contributed by atoms with Gasteiger partial charge in [0.25, 0.3) is 0 Å². The van der Waals surface area contributed by atoms with Crippen LogP contribution in [0.5, 0.6) is 0 Å². The zero-order chi connectivity index (χ0) is 17.2. The predicted octanol–water partition coefficient (Wildman–Crippen LogP) is 7.44. The summed E-state index contributed by atoms with van der Waals surface area (Å²) in [4.78, 5) is 0. The Morgan fingerprint density at radius 2 is 1.67 bits per heavy atom. The summed E-state index contributed by atoms with van der Waals surface area (Å²) in [6.07, 6.45) is 14.7. The predicted molar refractivity (Wildman–Crippen MR) is 106 cm³/mol. The standard InChI is InChI=1S/C19H26.C3H6.C2H6/c1-13-5-7-15-14(12-13)6-8-17-16(15)9-11-19(2)10-3-4-18(17)19;1-2-3-1;1-2/h5,7,12,16-18H,3-4,6,8-11H2,1-2H3;1-3H2;1-2H3. The molecule has 4 atom stereocenters. The van der Waals surface area contributed by atoms with Gasteiger partial charge in [-0.05, 0) is 79.7 Å². The van der Waals surface area contributed by atoms with Crippen LogP contribution in [-0.4, -0.2) is 0 Å². The summed E-state index contributed by atoms with van der Waals surface area (Å²) in [7, 11) is 0. The van der Waals surface area contributed by atoms with Crippen LogP contribution >= 0.6 is 0 Å². The third kappa shape index (κ3) is 3.58. The van der Waals surface area contributed by atoms with E-state index in [1.165, 1.54) is 69.8 Å². The fourth-order valence-corrected chi connectivity index (χ4v) is 5.70. The van der Waals surface area contributed by atoms with Gasteiger partial charge < -0.3 is 0 Å². The number of aryl methyl sites for hydroxylation is 2. The highest BCUT2D eigenvalue weighted by Gasteiger charge is 2.49. The Balaban J connectivity index is 0.000000298. The molecule has 0 bridgehead atoms. The van der Waals surface area contributed by atoms with Crippen LogP contribution in [0.2, 0.25) is 0 Å². The largest absolute Gasteiger partial charge is 0.0683 e. The van der Waals surface area contributed by atoms with Crippen molar-refractivity contribution in [3.05, 3.63) is 34.9 Å². The van der Waals surface area contributed by atoms with E-state index < -0.39 is 0 Å². The van der Waals surface area contributed by atoms with Crippen molar-refractivity contribution in [2.24, 2.45) is 17.3 Å². The summed E-state index contributed by atoms with van der Waals surface area (Å²) in [5, 5.41) is 0. The number of benzene rings is 1. The van der Waals surface area contributed by atoms with E-state index in [0.29, 0.717) is 5.41 Å². The molecule has 0 radical (unpaired) electrons. The summed E-state index contributed by atoms with van der Waals surface area (Å²) in [6, 6.07) is 7.25. The van der Waals surface area contributed by atoms with Gasteiger partial charge in [-0.3, -0.25) is 0 Å². The molecule has 24 heavy (non-hydrogen) atoms. The zero-order valence-corrected chi connectivity index (χ0v) is 16.5. The quantitative estimate of drug-likeness (QED) is 0.465. The highest BCUT2D eigenvalue weighted by molar-refractivity contribution is 5.37. The molecule has 0 heterocycles. The maximum absolute atomic E-state index is 2.59. The van der Waals surface area contributed by atoms with Gasteiger partial charge in [-0.25, -0.2) is 0 Å². The summed E-state index contributed by atoms with van der Waals surface area (Å²) in [6.45, 7) is 8.83. The molecule has 0 aliphatic heterocycles. The van der Waals surface area contributed by atoms with Crippen molar-refractivity contribution in [2.45, 2.75) is 97.8 Å². The Bertz CT molecular complexity index is 538. The highest BCUT2D eigenvalue weighted by atomic mass is 14.5. The Labute approximate surface area is 150 Å². The Morgan fingerprint density at radius 3 is 2.38 bits per heavy atom. The minimum absolute atomic E-state index is 0.698. The van der Waals surface area contributed by atoms with Crippen LogP contribution in [0.25, 0.3) is 0 Å². The lowest BCUT2D eigenvalue weighted by molar-refractivity contribution is 0.0598. The molecule has 5 rings (SSSR count). The second-order valence-electron chi connectivity index (χ2n) is 8.76. The summed E-state index contributed by atoms with van der Waals surface area (Å²) in [5.74, 6) is 2.91. The average Bonchev–Trinajstić information content (AvgIpc) is 3.43. The summed E-state index contributed by atoms with van der Waals surface area (Å²) < 4.78 is 0. The molecule has 0 N–H and O–H groups in total. The van der Waals surface area contributed by atoms with Crippen LogP contribution in [0.1, 0.15) is 101 Å². The SMILES string of the molecule is C1CC1.CC.Cc1ccc2c(c1)CCC1C2CCC2(C)CCCC12. The van der Waals surface area contributed by atoms with Crippen LogP contribution in [-0.2, 0) is 6.42 Å². The smallest absolute Gasteiger partial charge is 0.0128 e. The van der Waals surface area contributed by atoms with E-state index >= 15 is 0 Å². The van der Waals surface area contributed by atoms with Crippen molar-refractivity contribution in [3.63, 3.8) is 0 Å². The molecule has 4 unspecified atom stereocenters. The molecule has 0 heteroatoms. The molecular formula is C24H38. The number of rotatable bonds is 0. The van der Waals surface area contributed by atoms with Gasteiger partial charge in [-0.15, -0.1) is 0 Å². The topological polar surface area (TPSA) is 0 Å². The van der Waals surface area contributed by atoms with Gasteiger partial charge in [0.15, 0.2) is 0 Å². The Morgan fingerprint density at radius 1 is 0.917 bits per heavy atom. The lowest BCUT2D eigenvalue weighted by Gasteiger charge is -2.49. The second kappa shape index (κ2) is 7.63. The molecule has 3 saturated carbocycles. The molecule has 0 saturated heterocycles. The third-order valence-corrected chi connectivity index (χ3v) is 7.02. The van der Waals surface area contributed by atoms with Crippen LogP contribution in [0.4, 0.5) is 0 Å². The lowest BCUT2D eigenvalue weighted by Crippen LogP contribution is -2.39. The maximum atomic E-state index is 2.59. The average molecular weight is 327 g/mol. The van der Waals surface area contributed by atoms with E-state index in [2.05, 4.69) is 32.0 Å². The van der Waals surface area contributed by atoms with Gasteiger partial charge in [0.1, 0.15) is 0 Å². The first-order chi connectivity index (χ1) is 11.7. The van der Waals surface area contributed by atoms with Crippen molar-refractivity contribution in [1.29, 1.82) is 0 Å². The second-order valence-corrected chi connectivity index (χ2v) is 8.76. The fourth-order valence-electron chi connectivity index (χ4n) is 5.70. The Kier molecular flexibility index (Phi) is 5.73. The van der Waals surface area contributed by atoms with Gasteiger partial charge in [-0.2, -0.15) is 0 Å². The molecule has 0 spiro atoms. The van der Waals surface area contributed by atoms with E-state index in [1.807, 2.05) is 13.8 Å². The van der Waals surface area contributed by atoms with Gasteiger partial charge >= 0.3 is 0 Å². The minimum Gasteiger partial charge on any atom is -0.0683 e. The molecule has 0 nitrogen and oxygen atoms in total. The monoisotopic (exact) mass is 326 g/mol. The molecule has 1 aromatic rings. The number of hydrogen-bond donors (Lipinski definition) is 0. The van der Waals surface area contributed by atoms with E-state index in [0.717, 1.165) is 17.8 Å². The minimum atomic E-state index is 0.698. The van der Waals surface area contributed by atoms with Crippen molar-refractivity contribution >= 4 is 0 Å². The summed E-state index contributed by atoms with van der Waals surface area (Å²) >= 11 is 0. The Hall–Kier alpha value is -0.780. The molecule has 0 aromatic heterocycles. The van der Waals surface area contributed by atoms with E-state index in [-0.39, 0.29) is 0 Å². The van der Waals surface area contributed by atoms with Gasteiger partial charge in [0, 0.05) is 0 Å². The highest BCUT2D eigenvalue weighted by Crippen LogP contribution is 2.60. The van der Waals surface area contributed by atoms with Gasteiger partial charge in [-0.1, -0.05) is 70.2 Å². The normalized spacial score (nSPS) is 35.2. The van der Waals surface area contributed by atoms with E-state index in [4.69, 9.17) is 0 Å². The number of hydrogen-bond acceptors (Lipinski definition) is 0. The maximum Gasteiger partial charge on any atom is -0.0128 e. The van der Waals surface area contributed by atoms with E-state index in [9.17, 15) is 0 Å². The van der Waals surface area contributed by atoms with Crippen molar-refractivity contribution < 1.29 is 0 Å². The molecule has 3 fully saturated rings. The van der Waals surface area contributed by atoms with Crippen molar-refractivity contribution in [1.82, 2.24) is 0 Å². The van der Waals surface area contributed by atoms with Crippen LogP contribution in [0, 0.1) is 24.2 Å².